The zero-order valence-electron chi connectivity index (χ0n) is 11.0. The summed E-state index contributed by atoms with van der Waals surface area (Å²) in [6, 6.07) is 8.78. The van der Waals surface area contributed by atoms with Gasteiger partial charge in [-0.15, -0.1) is 0 Å². The second-order valence-electron chi connectivity index (χ2n) is 4.58. The Morgan fingerprint density at radius 3 is 2.20 bits per heavy atom. The number of aromatic hydroxyl groups is 1. The molecule has 104 valence electrons. The zero-order chi connectivity index (χ0) is 14.9. The third-order valence-electron chi connectivity index (χ3n) is 2.82. The fourth-order valence-corrected chi connectivity index (χ4v) is 3.45. The summed E-state index contributed by atoms with van der Waals surface area (Å²) in [5, 5.41) is 12.6. The summed E-state index contributed by atoms with van der Waals surface area (Å²) in [5.74, 6) is -0.380. The van der Waals surface area contributed by atoms with Crippen molar-refractivity contribution in [2.45, 2.75) is 13.8 Å². The second kappa shape index (κ2) is 5.97. The Hall–Kier alpha value is -1.33. The number of hydrogen-bond acceptors (Lipinski definition) is 2. The maximum Gasteiger partial charge on any atom is 0.259 e. The highest BCUT2D eigenvalue weighted by atomic mass is 79.9. The predicted octanol–water partition coefficient (Wildman–Crippen LogP) is 4.79. The molecule has 0 atom stereocenters. The van der Waals surface area contributed by atoms with Crippen LogP contribution in [0.5, 0.6) is 5.75 Å². The molecule has 1 amide bonds. The molecule has 2 aromatic carbocycles. The fraction of sp³-hybridized carbons (Fsp3) is 0.133. The van der Waals surface area contributed by atoms with Crippen LogP contribution in [0.15, 0.2) is 39.3 Å². The van der Waals surface area contributed by atoms with Crippen molar-refractivity contribution in [3.63, 3.8) is 0 Å². The van der Waals surface area contributed by atoms with Crippen molar-refractivity contribution in [3.05, 3.63) is 56.0 Å². The van der Waals surface area contributed by atoms with Gasteiger partial charge in [-0.1, -0.05) is 6.07 Å². The van der Waals surface area contributed by atoms with Crippen LogP contribution in [0.3, 0.4) is 0 Å². The van der Waals surface area contributed by atoms with Gasteiger partial charge in [0, 0.05) is 8.95 Å². The molecule has 5 heteroatoms. The van der Waals surface area contributed by atoms with Crippen molar-refractivity contribution in [1.29, 1.82) is 0 Å². The smallest absolute Gasteiger partial charge is 0.259 e. The molecule has 2 N–H and O–H groups in total. The van der Waals surface area contributed by atoms with Gasteiger partial charge in [-0.2, -0.15) is 0 Å². The van der Waals surface area contributed by atoms with Gasteiger partial charge in [-0.3, -0.25) is 4.79 Å². The molecular formula is C15H13Br2NO2. The molecule has 0 heterocycles. The van der Waals surface area contributed by atoms with Gasteiger partial charge in [0.15, 0.2) is 0 Å². The van der Waals surface area contributed by atoms with Crippen LogP contribution in [-0.4, -0.2) is 11.0 Å². The highest BCUT2D eigenvalue weighted by Crippen LogP contribution is 2.33. The lowest BCUT2D eigenvalue weighted by atomic mass is 10.1. The van der Waals surface area contributed by atoms with E-state index in [0.717, 1.165) is 20.1 Å². The average molecular weight is 399 g/mol. The van der Waals surface area contributed by atoms with E-state index in [2.05, 4.69) is 37.2 Å². The van der Waals surface area contributed by atoms with E-state index < -0.39 is 0 Å². The Balaban J connectivity index is 2.33. The van der Waals surface area contributed by atoms with Crippen LogP contribution in [0.25, 0.3) is 0 Å². The lowest BCUT2D eigenvalue weighted by molar-refractivity contribution is 0.102. The van der Waals surface area contributed by atoms with Crippen LogP contribution in [0.1, 0.15) is 21.5 Å². The first-order chi connectivity index (χ1) is 9.38. The van der Waals surface area contributed by atoms with E-state index >= 15 is 0 Å². The number of carbonyl (C=O) groups is 1. The van der Waals surface area contributed by atoms with Crippen molar-refractivity contribution >= 4 is 43.5 Å². The summed E-state index contributed by atoms with van der Waals surface area (Å²) in [4.78, 5) is 12.2. The molecule has 0 aliphatic carbocycles. The van der Waals surface area contributed by atoms with Crippen LogP contribution in [-0.2, 0) is 0 Å². The molecule has 0 aromatic heterocycles. The molecule has 0 unspecified atom stereocenters. The minimum absolute atomic E-state index is 0.0261. The minimum Gasteiger partial charge on any atom is -0.507 e. The van der Waals surface area contributed by atoms with E-state index in [1.165, 1.54) is 0 Å². The normalized spacial score (nSPS) is 10.4. The Morgan fingerprint density at radius 2 is 1.65 bits per heavy atom. The second-order valence-corrected chi connectivity index (χ2v) is 6.29. The Kier molecular flexibility index (Phi) is 4.50. The first kappa shape index (κ1) is 15.1. The number of anilines is 1. The monoisotopic (exact) mass is 397 g/mol. The van der Waals surface area contributed by atoms with Crippen molar-refractivity contribution in [1.82, 2.24) is 0 Å². The van der Waals surface area contributed by atoms with E-state index in [1.54, 1.807) is 18.2 Å². The van der Waals surface area contributed by atoms with Crippen molar-refractivity contribution in [3.8, 4) is 5.75 Å². The van der Waals surface area contributed by atoms with Crippen LogP contribution in [0.4, 0.5) is 5.69 Å². The third-order valence-corrected chi connectivity index (χ3v) is 4.07. The maximum absolute atomic E-state index is 12.2. The number of phenolic OH excluding ortho intramolecular Hbond substituents is 1. The molecule has 0 saturated carbocycles. The molecule has 0 spiro atoms. The summed E-state index contributed by atoms with van der Waals surface area (Å²) in [6.45, 7) is 3.82. The number of rotatable bonds is 2. The number of nitrogens with one attached hydrogen (secondary N) is 1. The average Bonchev–Trinajstić information content (AvgIpc) is 2.33. The van der Waals surface area contributed by atoms with Crippen molar-refractivity contribution in [2.75, 3.05) is 5.32 Å². The number of carbonyl (C=O) groups excluding carboxylic acids is 1. The van der Waals surface area contributed by atoms with Crippen molar-refractivity contribution < 1.29 is 9.90 Å². The van der Waals surface area contributed by atoms with E-state index in [9.17, 15) is 9.90 Å². The first-order valence-corrected chi connectivity index (χ1v) is 7.53. The van der Waals surface area contributed by atoms with Gasteiger partial charge < -0.3 is 10.4 Å². The highest BCUT2D eigenvalue weighted by molar-refractivity contribution is 9.11. The van der Waals surface area contributed by atoms with Gasteiger partial charge in [0.2, 0.25) is 0 Å². The van der Waals surface area contributed by atoms with Crippen LogP contribution >= 0.6 is 31.9 Å². The molecule has 0 fully saturated rings. The zero-order valence-corrected chi connectivity index (χ0v) is 14.2. The quantitative estimate of drug-likeness (QED) is 0.764. The number of benzene rings is 2. The third kappa shape index (κ3) is 3.22. The van der Waals surface area contributed by atoms with Gasteiger partial charge in [0.05, 0.1) is 11.3 Å². The SMILES string of the molecule is Cc1ccc(C(=O)Nc2c(Br)cc(C)cc2Br)c(O)c1. The molecule has 0 bridgehead atoms. The molecule has 0 saturated heterocycles. The largest absolute Gasteiger partial charge is 0.507 e. The summed E-state index contributed by atoms with van der Waals surface area (Å²) in [6.07, 6.45) is 0. The summed E-state index contributed by atoms with van der Waals surface area (Å²) < 4.78 is 1.56. The van der Waals surface area contributed by atoms with Gasteiger partial charge >= 0.3 is 0 Å². The molecule has 0 aliphatic heterocycles. The number of aryl methyl sites for hydroxylation is 2. The summed E-state index contributed by atoms with van der Waals surface area (Å²) in [7, 11) is 0. The standard InChI is InChI=1S/C15H13Br2NO2/c1-8-3-4-10(13(19)7-8)15(20)18-14-11(16)5-9(2)6-12(14)17/h3-7,19H,1-2H3,(H,18,20). The van der Waals surface area contributed by atoms with Gasteiger partial charge in [0.1, 0.15) is 5.75 Å². The van der Waals surface area contributed by atoms with Crippen LogP contribution < -0.4 is 5.32 Å². The molecule has 0 aliphatic rings. The fourth-order valence-electron chi connectivity index (χ4n) is 1.83. The maximum atomic E-state index is 12.2. The van der Waals surface area contributed by atoms with Gasteiger partial charge in [0.25, 0.3) is 5.91 Å². The van der Waals surface area contributed by atoms with E-state index in [4.69, 9.17) is 0 Å². The lowest BCUT2D eigenvalue weighted by Gasteiger charge is -2.12. The van der Waals surface area contributed by atoms with Crippen LogP contribution in [0, 0.1) is 13.8 Å². The number of phenols is 1. The first-order valence-electron chi connectivity index (χ1n) is 5.95. The predicted molar refractivity (Wildman–Crippen MR) is 87.4 cm³/mol. The topological polar surface area (TPSA) is 49.3 Å². The molecule has 2 aromatic rings. The molecule has 3 nitrogen and oxygen atoms in total. The number of amides is 1. The van der Waals surface area contributed by atoms with E-state index in [0.29, 0.717) is 5.69 Å². The Morgan fingerprint density at radius 1 is 1.05 bits per heavy atom. The van der Waals surface area contributed by atoms with E-state index in [1.807, 2.05) is 26.0 Å². The Labute approximate surface area is 134 Å². The Bertz CT molecular complexity index is 661. The van der Waals surface area contributed by atoms with Gasteiger partial charge in [-0.05, 0) is 81.1 Å². The summed E-state index contributed by atoms with van der Waals surface area (Å²) >= 11 is 6.84. The summed E-state index contributed by atoms with van der Waals surface area (Å²) in [5.41, 5.74) is 2.85. The minimum atomic E-state index is -0.354. The lowest BCUT2D eigenvalue weighted by Crippen LogP contribution is -2.13. The molecular weight excluding hydrogens is 386 g/mol. The van der Waals surface area contributed by atoms with Crippen molar-refractivity contribution in [2.24, 2.45) is 0 Å². The number of halogens is 2. The van der Waals surface area contributed by atoms with Gasteiger partial charge in [-0.25, -0.2) is 0 Å². The van der Waals surface area contributed by atoms with E-state index in [-0.39, 0.29) is 17.2 Å². The van der Waals surface area contributed by atoms with Crippen LogP contribution in [0.2, 0.25) is 0 Å². The molecule has 0 radical (unpaired) electrons. The molecule has 2 rings (SSSR count). The highest BCUT2D eigenvalue weighted by Gasteiger charge is 2.14. The molecule has 20 heavy (non-hydrogen) atoms. The number of hydrogen-bond donors (Lipinski definition) is 2.